The van der Waals surface area contributed by atoms with Crippen molar-refractivity contribution in [3.63, 3.8) is 0 Å². The van der Waals surface area contributed by atoms with Crippen molar-refractivity contribution in [3.8, 4) is 0 Å². The number of ether oxygens (including phenoxy) is 1. The van der Waals surface area contributed by atoms with Gasteiger partial charge in [0.25, 0.3) is 5.91 Å². The molecular formula is C22H34N3O3+. The van der Waals surface area contributed by atoms with E-state index in [4.69, 9.17) is 4.74 Å². The van der Waals surface area contributed by atoms with E-state index in [0.717, 1.165) is 49.0 Å². The van der Waals surface area contributed by atoms with E-state index >= 15 is 0 Å². The first-order valence-corrected chi connectivity index (χ1v) is 10.7. The Labute approximate surface area is 168 Å². The molecule has 2 N–H and O–H groups in total. The van der Waals surface area contributed by atoms with Gasteiger partial charge in [0, 0.05) is 24.5 Å². The highest BCUT2D eigenvalue weighted by Gasteiger charge is 2.30. The number of nitrogens with one attached hydrogen (secondary N) is 2. The summed E-state index contributed by atoms with van der Waals surface area (Å²) < 4.78 is 5.14. The number of hydrogen-bond donors (Lipinski definition) is 2. The molecule has 0 saturated carbocycles. The van der Waals surface area contributed by atoms with E-state index in [1.807, 2.05) is 19.1 Å². The van der Waals surface area contributed by atoms with Gasteiger partial charge < -0.3 is 19.9 Å². The number of esters is 1. The zero-order chi connectivity index (χ0) is 19.9. The number of hydrogen-bond acceptors (Lipinski definition) is 4. The molecule has 2 fully saturated rings. The molecular weight excluding hydrogens is 354 g/mol. The minimum absolute atomic E-state index is 0.000874. The second-order valence-electron chi connectivity index (χ2n) is 8.24. The van der Waals surface area contributed by atoms with Crippen LogP contribution in [0.5, 0.6) is 0 Å². The van der Waals surface area contributed by atoms with E-state index in [9.17, 15) is 9.59 Å². The monoisotopic (exact) mass is 388 g/mol. The van der Waals surface area contributed by atoms with Crippen molar-refractivity contribution in [3.05, 3.63) is 24.3 Å². The van der Waals surface area contributed by atoms with Crippen LogP contribution < -0.4 is 15.1 Å². The number of quaternary nitrogens is 1. The number of likely N-dealkylation sites (tertiary alicyclic amines) is 1. The Morgan fingerprint density at radius 3 is 2.57 bits per heavy atom. The number of nitrogens with zero attached hydrogens (tertiary/aromatic N) is 1. The number of benzene rings is 1. The Bertz CT molecular complexity index is 653. The van der Waals surface area contributed by atoms with Crippen LogP contribution in [0.1, 0.15) is 39.5 Å². The molecule has 0 radical (unpaired) electrons. The quantitative estimate of drug-likeness (QED) is 0.729. The molecule has 154 valence electrons. The number of carbonyl (C=O) groups is 2. The number of rotatable bonds is 6. The lowest BCUT2D eigenvalue weighted by Crippen LogP contribution is -3.14. The minimum Gasteiger partial charge on any atom is -0.466 e. The summed E-state index contributed by atoms with van der Waals surface area (Å²) in [5, 5.41) is 3.00. The number of piperidine rings is 2. The molecule has 3 rings (SSSR count). The smallest absolute Gasteiger partial charge is 0.314 e. The topological polar surface area (TPSA) is 63.1 Å². The summed E-state index contributed by atoms with van der Waals surface area (Å²) in [7, 11) is 0. The van der Waals surface area contributed by atoms with E-state index < -0.39 is 0 Å². The lowest BCUT2D eigenvalue weighted by atomic mass is 9.98. The maximum absolute atomic E-state index is 12.4. The van der Waals surface area contributed by atoms with Crippen LogP contribution >= 0.6 is 0 Å². The van der Waals surface area contributed by atoms with Gasteiger partial charge in [-0.25, -0.2) is 0 Å². The fourth-order valence-corrected chi connectivity index (χ4v) is 4.23. The lowest BCUT2D eigenvalue weighted by Gasteiger charge is -2.32. The number of amides is 1. The van der Waals surface area contributed by atoms with E-state index in [0.29, 0.717) is 19.7 Å². The molecule has 1 unspecified atom stereocenters. The van der Waals surface area contributed by atoms with Gasteiger partial charge in [-0.05, 0) is 62.8 Å². The van der Waals surface area contributed by atoms with Crippen LogP contribution in [-0.4, -0.2) is 51.2 Å². The molecule has 0 aromatic heterocycles. The van der Waals surface area contributed by atoms with Gasteiger partial charge in [-0.3, -0.25) is 9.59 Å². The second-order valence-corrected chi connectivity index (χ2v) is 8.24. The second kappa shape index (κ2) is 9.92. The van der Waals surface area contributed by atoms with Crippen molar-refractivity contribution in [2.45, 2.75) is 39.5 Å². The van der Waals surface area contributed by atoms with E-state index in [-0.39, 0.29) is 17.8 Å². The average Bonchev–Trinajstić information content (AvgIpc) is 2.69. The molecule has 2 aliphatic rings. The van der Waals surface area contributed by atoms with Crippen LogP contribution in [0, 0.1) is 11.8 Å². The van der Waals surface area contributed by atoms with Crippen LogP contribution in [0.2, 0.25) is 0 Å². The summed E-state index contributed by atoms with van der Waals surface area (Å²) in [6.07, 6.45) is 4.30. The van der Waals surface area contributed by atoms with Crippen LogP contribution in [0.4, 0.5) is 11.4 Å². The summed E-state index contributed by atoms with van der Waals surface area (Å²) >= 11 is 0. The zero-order valence-corrected chi connectivity index (χ0v) is 17.2. The summed E-state index contributed by atoms with van der Waals surface area (Å²) in [5.74, 6) is 0.612. The molecule has 1 aromatic rings. The predicted octanol–water partition coefficient (Wildman–Crippen LogP) is 1.72. The molecule has 2 saturated heterocycles. The first-order valence-electron chi connectivity index (χ1n) is 10.7. The van der Waals surface area contributed by atoms with E-state index in [1.54, 1.807) is 0 Å². The number of carbonyl (C=O) groups excluding carboxylic acids is 2. The fraction of sp³-hybridized carbons (Fsp3) is 0.636. The van der Waals surface area contributed by atoms with Crippen LogP contribution in [0.3, 0.4) is 0 Å². The molecule has 28 heavy (non-hydrogen) atoms. The lowest BCUT2D eigenvalue weighted by molar-refractivity contribution is -0.899. The molecule has 1 amide bonds. The first-order chi connectivity index (χ1) is 13.5. The Hall–Kier alpha value is -2.08. The SMILES string of the molecule is CCOC(=O)[C@@H]1CCC[NH+](CC(=O)Nc2ccc(N3CCC(C)CC3)cc2)C1. The summed E-state index contributed by atoms with van der Waals surface area (Å²) in [5.41, 5.74) is 2.06. The molecule has 2 heterocycles. The normalized spacial score (nSPS) is 23.3. The molecule has 6 heteroatoms. The Morgan fingerprint density at radius 1 is 1.18 bits per heavy atom. The van der Waals surface area contributed by atoms with Gasteiger partial charge in [0.2, 0.25) is 0 Å². The van der Waals surface area contributed by atoms with Crippen LogP contribution in [0.25, 0.3) is 0 Å². The van der Waals surface area contributed by atoms with Gasteiger partial charge in [0.05, 0.1) is 19.7 Å². The Balaban J connectivity index is 1.47. The predicted molar refractivity (Wildman–Crippen MR) is 111 cm³/mol. The van der Waals surface area contributed by atoms with Gasteiger partial charge in [-0.2, -0.15) is 0 Å². The minimum atomic E-state index is -0.122. The highest BCUT2D eigenvalue weighted by Crippen LogP contribution is 2.24. The largest absolute Gasteiger partial charge is 0.466 e. The maximum Gasteiger partial charge on any atom is 0.314 e. The van der Waals surface area contributed by atoms with Crippen LogP contribution in [0.15, 0.2) is 24.3 Å². The zero-order valence-electron chi connectivity index (χ0n) is 17.2. The van der Waals surface area contributed by atoms with Crippen molar-refractivity contribution in [1.29, 1.82) is 0 Å². The molecule has 0 bridgehead atoms. The third-order valence-corrected chi connectivity index (χ3v) is 5.95. The van der Waals surface area contributed by atoms with Crippen molar-refractivity contribution < 1.29 is 19.2 Å². The average molecular weight is 389 g/mol. The van der Waals surface area contributed by atoms with Crippen molar-refractivity contribution in [1.82, 2.24) is 0 Å². The summed E-state index contributed by atoms with van der Waals surface area (Å²) in [6, 6.07) is 8.16. The Morgan fingerprint density at radius 2 is 1.89 bits per heavy atom. The van der Waals surface area contributed by atoms with Gasteiger partial charge in [-0.15, -0.1) is 0 Å². The van der Waals surface area contributed by atoms with E-state index in [2.05, 4.69) is 29.3 Å². The van der Waals surface area contributed by atoms with Gasteiger partial charge in [0.1, 0.15) is 5.92 Å². The highest BCUT2D eigenvalue weighted by atomic mass is 16.5. The molecule has 0 spiro atoms. The van der Waals surface area contributed by atoms with Crippen molar-refractivity contribution in [2.24, 2.45) is 11.8 Å². The molecule has 6 nitrogen and oxygen atoms in total. The molecule has 1 aromatic carbocycles. The van der Waals surface area contributed by atoms with E-state index in [1.165, 1.54) is 18.5 Å². The maximum atomic E-state index is 12.4. The van der Waals surface area contributed by atoms with Gasteiger partial charge in [0.15, 0.2) is 6.54 Å². The Kier molecular flexibility index (Phi) is 7.31. The highest BCUT2D eigenvalue weighted by molar-refractivity contribution is 5.91. The van der Waals surface area contributed by atoms with Crippen molar-refractivity contribution >= 4 is 23.3 Å². The third-order valence-electron chi connectivity index (χ3n) is 5.95. The van der Waals surface area contributed by atoms with Gasteiger partial charge in [-0.1, -0.05) is 6.92 Å². The van der Waals surface area contributed by atoms with Crippen LogP contribution in [-0.2, 0) is 14.3 Å². The third kappa shape index (κ3) is 5.71. The molecule has 0 aliphatic carbocycles. The number of anilines is 2. The van der Waals surface area contributed by atoms with Crippen molar-refractivity contribution in [2.75, 3.05) is 49.5 Å². The molecule has 2 atom stereocenters. The molecule has 2 aliphatic heterocycles. The standard InChI is InChI=1S/C22H33N3O3/c1-3-28-22(27)18-5-4-12-24(15-18)16-21(26)23-19-6-8-20(9-7-19)25-13-10-17(2)11-14-25/h6-9,17-18H,3-5,10-16H2,1-2H3,(H,23,26)/p+1/t18-/m1/s1. The first kappa shape index (κ1) is 20.6. The summed E-state index contributed by atoms with van der Waals surface area (Å²) in [6.45, 7) is 8.76. The summed E-state index contributed by atoms with van der Waals surface area (Å²) in [4.78, 5) is 28.0. The fourth-order valence-electron chi connectivity index (χ4n) is 4.23. The van der Waals surface area contributed by atoms with Gasteiger partial charge >= 0.3 is 5.97 Å².